The molecule has 0 aliphatic rings. The van der Waals surface area contributed by atoms with Crippen molar-refractivity contribution >= 4 is 6.16 Å². The lowest BCUT2D eigenvalue weighted by Crippen LogP contribution is -2.23. The highest BCUT2D eigenvalue weighted by molar-refractivity contribution is 5.67. The summed E-state index contributed by atoms with van der Waals surface area (Å²) in [5.41, 5.74) is -2.51. The molecule has 1 aromatic carbocycles. The SMILES string of the molecule is CC(C)(C)c1c(O)c(OC(=O)O)c(C(C)(C)C)c(F)c1F. The van der Waals surface area contributed by atoms with Crippen molar-refractivity contribution in [2.45, 2.75) is 52.4 Å². The van der Waals surface area contributed by atoms with Gasteiger partial charge < -0.3 is 14.9 Å². The van der Waals surface area contributed by atoms with Crippen LogP contribution in [-0.2, 0) is 10.8 Å². The van der Waals surface area contributed by atoms with Crippen LogP contribution in [0.3, 0.4) is 0 Å². The molecule has 0 aliphatic carbocycles. The molecule has 0 radical (unpaired) electrons. The minimum atomic E-state index is -1.71. The molecule has 0 spiro atoms. The van der Waals surface area contributed by atoms with Gasteiger partial charge in [0.15, 0.2) is 23.1 Å². The van der Waals surface area contributed by atoms with Crippen molar-refractivity contribution in [1.29, 1.82) is 0 Å². The number of ether oxygens (including phenoxy) is 1. The Labute approximate surface area is 122 Å². The zero-order valence-corrected chi connectivity index (χ0v) is 13.0. The van der Waals surface area contributed by atoms with E-state index in [1.54, 1.807) is 41.5 Å². The van der Waals surface area contributed by atoms with E-state index >= 15 is 0 Å². The molecule has 0 atom stereocenters. The molecular weight excluding hydrogens is 282 g/mol. The number of aromatic hydroxyl groups is 1. The first kappa shape index (κ1) is 17.2. The normalized spacial score (nSPS) is 12.4. The highest BCUT2D eigenvalue weighted by Crippen LogP contribution is 2.47. The average molecular weight is 302 g/mol. The van der Waals surface area contributed by atoms with Crippen LogP contribution in [0.2, 0.25) is 0 Å². The first-order valence-corrected chi connectivity index (χ1v) is 6.44. The first-order valence-electron chi connectivity index (χ1n) is 6.44. The third-order valence-electron chi connectivity index (χ3n) is 3.00. The number of phenols is 1. The van der Waals surface area contributed by atoms with E-state index in [4.69, 9.17) is 5.11 Å². The maximum Gasteiger partial charge on any atom is 0.511 e. The Morgan fingerprint density at radius 3 is 1.67 bits per heavy atom. The number of rotatable bonds is 1. The maximum absolute atomic E-state index is 14.4. The van der Waals surface area contributed by atoms with Crippen LogP contribution in [0.25, 0.3) is 0 Å². The molecule has 1 rings (SSSR count). The van der Waals surface area contributed by atoms with Gasteiger partial charge >= 0.3 is 6.16 Å². The second-order valence-electron chi connectivity index (χ2n) is 6.92. The zero-order valence-electron chi connectivity index (χ0n) is 13.0. The van der Waals surface area contributed by atoms with E-state index in [-0.39, 0.29) is 11.1 Å². The quantitative estimate of drug-likeness (QED) is 0.599. The summed E-state index contributed by atoms with van der Waals surface area (Å²) in [6, 6.07) is 0. The van der Waals surface area contributed by atoms with Crippen molar-refractivity contribution in [2.75, 3.05) is 0 Å². The van der Waals surface area contributed by atoms with Gasteiger partial charge in [-0.05, 0) is 10.8 Å². The Kier molecular flexibility index (Phi) is 4.23. The van der Waals surface area contributed by atoms with Gasteiger partial charge in [-0.3, -0.25) is 0 Å². The number of carbonyl (C=O) groups is 1. The molecule has 1 aromatic rings. The second-order valence-corrected chi connectivity index (χ2v) is 6.92. The highest BCUT2D eigenvalue weighted by atomic mass is 19.2. The van der Waals surface area contributed by atoms with Crippen LogP contribution in [0.1, 0.15) is 52.7 Å². The number of benzene rings is 1. The van der Waals surface area contributed by atoms with Gasteiger partial charge in [-0.15, -0.1) is 0 Å². The Balaban J connectivity index is 3.88. The van der Waals surface area contributed by atoms with Gasteiger partial charge in [0.05, 0.1) is 0 Å². The highest BCUT2D eigenvalue weighted by Gasteiger charge is 2.36. The standard InChI is InChI=1S/C15H20F2O4/c1-14(2,3)7-9(16)10(17)8(15(4,5)6)12(11(7)18)21-13(19)20/h18H,1-6H3,(H,19,20). The van der Waals surface area contributed by atoms with E-state index in [9.17, 15) is 18.7 Å². The summed E-state index contributed by atoms with van der Waals surface area (Å²) < 4.78 is 33.3. The minimum Gasteiger partial charge on any atom is -0.504 e. The molecule has 0 heterocycles. The van der Waals surface area contributed by atoms with Gasteiger partial charge in [-0.1, -0.05) is 41.5 Å². The molecule has 0 fully saturated rings. The van der Waals surface area contributed by atoms with Crippen molar-refractivity contribution in [1.82, 2.24) is 0 Å². The topological polar surface area (TPSA) is 66.8 Å². The summed E-state index contributed by atoms with van der Waals surface area (Å²) >= 11 is 0. The maximum atomic E-state index is 14.4. The number of hydrogen-bond acceptors (Lipinski definition) is 3. The summed E-state index contributed by atoms with van der Waals surface area (Å²) in [5.74, 6) is -3.64. The zero-order chi connectivity index (χ0) is 16.7. The lowest BCUT2D eigenvalue weighted by Gasteiger charge is -2.28. The first-order chi connectivity index (χ1) is 9.28. The van der Waals surface area contributed by atoms with Crippen molar-refractivity contribution in [2.24, 2.45) is 0 Å². The van der Waals surface area contributed by atoms with Crippen LogP contribution in [-0.4, -0.2) is 16.4 Å². The summed E-state index contributed by atoms with van der Waals surface area (Å²) in [4.78, 5) is 10.8. The van der Waals surface area contributed by atoms with E-state index in [0.717, 1.165) is 0 Å². The van der Waals surface area contributed by atoms with E-state index in [2.05, 4.69) is 4.74 Å². The fourth-order valence-corrected chi connectivity index (χ4v) is 2.20. The van der Waals surface area contributed by atoms with Gasteiger partial charge in [0.1, 0.15) is 0 Å². The van der Waals surface area contributed by atoms with Crippen molar-refractivity contribution in [3.63, 3.8) is 0 Å². The van der Waals surface area contributed by atoms with E-state index in [1.165, 1.54) is 0 Å². The molecule has 0 amide bonds. The summed E-state index contributed by atoms with van der Waals surface area (Å²) in [6.45, 7) is 9.42. The van der Waals surface area contributed by atoms with Crippen LogP contribution in [0.4, 0.5) is 13.6 Å². The van der Waals surface area contributed by atoms with E-state index in [0.29, 0.717) is 0 Å². The van der Waals surface area contributed by atoms with Crippen molar-refractivity contribution in [3.05, 3.63) is 22.8 Å². The predicted molar refractivity (Wildman–Crippen MR) is 74.1 cm³/mol. The molecule has 21 heavy (non-hydrogen) atoms. The predicted octanol–water partition coefficient (Wildman–Crippen LogP) is 4.32. The molecule has 0 aliphatic heterocycles. The molecule has 0 saturated heterocycles. The average Bonchev–Trinajstić information content (AvgIpc) is 2.21. The molecule has 0 unspecified atom stereocenters. The summed E-state index contributed by atoms with van der Waals surface area (Å²) in [6.07, 6.45) is -1.71. The van der Waals surface area contributed by atoms with Crippen LogP contribution in [0.15, 0.2) is 0 Å². The monoisotopic (exact) mass is 302 g/mol. The van der Waals surface area contributed by atoms with Crippen LogP contribution in [0, 0.1) is 11.6 Å². The molecule has 4 nitrogen and oxygen atoms in total. The Hall–Kier alpha value is -1.85. The molecule has 6 heteroatoms. The molecule has 2 N–H and O–H groups in total. The number of carboxylic acid groups (broad SMARTS) is 1. The van der Waals surface area contributed by atoms with Crippen LogP contribution < -0.4 is 4.74 Å². The minimum absolute atomic E-state index is 0.312. The summed E-state index contributed by atoms with van der Waals surface area (Å²) in [5, 5.41) is 19.0. The lowest BCUT2D eigenvalue weighted by molar-refractivity contribution is 0.141. The number of halogens is 2. The molecular formula is C15H20F2O4. The van der Waals surface area contributed by atoms with Crippen molar-refractivity contribution < 1.29 is 28.5 Å². The fraction of sp³-hybridized carbons (Fsp3) is 0.533. The lowest BCUT2D eigenvalue weighted by atomic mass is 9.80. The fourth-order valence-electron chi connectivity index (χ4n) is 2.20. The van der Waals surface area contributed by atoms with Gasteiger partial charge in [0.2, 0.25) is 0 Å². The van der Waals surface area contributed by atoms with Gasteiger partial charge in [0.25, 0.3) is 0 Å². The largest absolute Gasteiger partial charge is 0.511 e. The molecule has 0 bridgehead atoms. The van der Waals surface area contributed by atoms with E-state index < -0.39 is 40.1 Å². The van der Waals surface area contributed by atoms with Gasteiger partial charge in [-0.2, -0.15) is 0 Å². The number of phenolic OH excluding ortho intramolecular Hbond substituents is 1. The third kappa shape index (κ3) is 3.25. The second kappa shape index (κ2) is 5.16. The Bertz CT molecular complexity index is 581. The molecule has 0 saturated carbocycles. The smallest absolute Gasteiger partial charge is 0.504 e. The molecule has 118 valence electrons. The third-order valence-corrected chi connectivity index (χ3v) is 3.00. The van der Waals surface area contributed by atoms with Crippen LogP contribution >= 0.6 is 0 Å². The Morgan fingerprint density at radius 1 is 0.952 bits per heavy atom. The summed E-state index contributed by atoms with van der Waals surface area (Å²) in [7, 11) is 0. The number of hydrogen-bond donors (Lipinski definition) is 2. The molecule has 0 aromatic heterocycles. The van der Waals surface area contributed by atoms with Gasteiger partial charge in [0, 0.05) is 11.1 Å². The van der Waals surface area contributed by atoms with E-state index in [1.807, 2.05) is 0 Å². The van der Waals surface area contributed by atoms with Crippen LogP contribution in [0.5, 0.6) is 11.5 Å². The van der Waals surface area contributed by atoms with Crippen molar-refractivity contribution in [3.8, 4) is 11.5 Å². The van der Waals surface area contributed by atoms with Gasteiger partial charge in [-0.25, -0.2) is 13.6 Å². The Morgan fingerprint density at radius 2 is 1.33 bits per heavy atom.